The van der Waals surface area contributed by atoms with Crippen molar-refractivity contribution in [2.75, 3.05) is 12.4 Å². The van der Waals surface area contributed by atoms with Crippen LogP contribution >= 0.6 is 12.2 Å². The standard InChI is InChI=1S/C20H25N3O2S/c1-12(2)17-11-18(14(4)10-13(17)3)19(24)22-23-20(26)21-15-6-8-16(25-5)9-7-15/h6-12H,1-5H3,(H,22,24)(H2,21,23,26). The molecule has 6 heteroatoms. The molecule has 2 rings (SSSR count). The number of aryl methyl sites for hydroxylation is 2. The molecular weight excluding hydrogens is 346 g/mol. The quantitative estimate of drug-likeness (QED) is 0.559. The van der Waals surface area contributed by atoms with Crippen LogP contribution in [0.3, 0.4) is 0 Å². The molecule has 0 heterocycles. The van der Waals surface area contributed by atoms with Gasteiger partial charge in [-0.15, -0.1) is 0 Å². The minimum Gasteiger partial charge on any atom is -0.497 e. The van der Waals surface area contributed by atoms with Crippen LogP contribution in [0.15, 0.2) is 36.4 Å². The Balaban J connectivity index is 1.99. The molecule has 2 aromatic carbocycles. The van der Waals surface area contributed by atoms with E-state index in [1.807, 2.05) is 43.3 Å². The van der Waals surface area contributed by atoms with Crippen LogP contribution < -0.4 is 20.9 Å². The molecule has 5 nitrogen and oxygen atoms in total. The average Bonchev–Trinajstić information content (AvgIpc) is 2.60. The molecule has 0 aromatic heterocycles. The van der Waals surface area contributed by atoms with Gasteiger partial charge in [-0.3, -0.25) is 15.6 Å². The minimum atomic E-state index is -0.219. The molecule has 0 spiro atoms. The largest absolute Gasteiger partial charge is 0.497 e. The van der Waals surface area contributed by atoms with E-state index in [1.165, 1.54) is 11.1 Å². The molecule has 1 amide bonds. The zero-order valence-electron chi connectivity index (χ0n) is 15.8. The second-order valence-electron chi connectivity index (χ2n) is 6.44. The van der Waals surface area contributed by atoms with Crippen LogP contribution in [0, 0.1) is 13.8 Å². The van der Waals surface area contributed by atoms with Crippen molar-refractivity contribution in [2.45, 2.75) is 33.6 Å². The summed E-state index contributed by atoms with van der Waals surface area (Å²) in [5.74, 6) is 0.898. The van der Waals surface area contributed by atoms with Crippen molar-refractivity contribution in [3.63, 3.8) is 0 Å². The molecule has 0 saturated carbocycles. The normalized spacial score (nSPS) is 10.4. The number of carbonyl (C=O) groups excluding carboxylic acids is 1. The maximum atomic E-state index is 12.5. The van der Waals surface area contributed by atoms with E-state index in [0.717, 1.165) is 17.0 Å². The monoisotopic (exact) mass is 371 g/mol. The van der Waals surface area contributed by atoms with Crippen molar-refractivity contribution in [1.82, 2.24) is 10.9 Å². The van der Waals surface area contributed by atoms with Gasteiger partial charge in [0.1, 0.15) is 5.75 Å². The Labute approximate surface area is 160 Å². The Bertz CT molecular complexity index is 801. The predicted octanol–water partition coefficient (Wildman–Crippen LogP) is 4.07. The summed E-state index contributed by atoms with van der Waals surface area (Å²) in [5.41, 5.74) is 10.1. The number of carbonyl (C=O) groups is 1. The number of anilines is 1. The van der Waals surface area contributed by atoms with Gasteiger partial charge >= 0.3 is 0 Å². The fourth-order valence-electron chi connectivity index (χ4n) is 2.75. The average molecular weight is 372 g/mol. The highest BCUT2D eigenvalue weighted by molar-refractivity contribution is 7.80. The zero-order chi connectivity index (χ0) is 19.3. The highest BCUT2D eigenvalue weighted by Gasteiger charge is 2.14. The molecule has 0 bridgehead atoms. The van der Waals surface area contributed by atoms with Crippen LogP contribution in [0.4, 0.5) is 5.69 Å². The van der Waals surface area contributed by atoms with E-state index < -0.39 is 0 Å². The number of rotatable bonds is 4. The van der Waals surface area contributed by atoms with Gasteiger partial charge in [-0.1, -0.05) is 19.9 Å². The number of hydrogen-bond donors (Lipinski definition) is 3. The minimum absolute atomic E-state index is 0.219. The van der Waals surface area contributed by atoms with Crippen molar-refractivity contribution in [2.24, 2.45) is 0 Å². The maximum absolute atomic E-state index is 12.5. The van der Waals surface area contributed by atoms with Crippen LogP contribution in [0.5, 0.6) is 5.75 Å². The third kappa shape index (κ3) is 4.95. The molecule has 3 N–H and O–H groups in total. The second-order valence-corrected chi connectivity index (χ2v) is 6.85. The van der Waals surface area contributed by atoms with E-state index in [2.05, 4.69) is 36.9 Å². The van der Waals surface area contributed by atoms with Crippen molar-refractivity contribution < 1.29 is 9.53 Å². The Kier molecular flexibility index (Phi) is 6.58. The first-order valence-corrected chi connectivity index (χ1v) is 8.85. The number of hydrazine groups is 1. The number of amides is 1. The van der Waals surface area contributed by atoms with E-state index in [0.29, 0.717) is 16.6 Å². The number of ether oxygens (including phenoxy) is 1. The smallest absolute Gasteiger partial charge is 0.269 e. The first-order chi connectivity index (χ1) is 12.3. The lowest BCUT2D eigenvalue weighted by Crippen LogP contribution is -2.44. The molecule has 0 aliphatic rings. The molecule has 2 aromatic rings. The van der Waals surface area contributed by atoms with Crippen molar-refractivity contribution in [1.29, 1.82) is 0 Å². The fraction of sp³-hybridized carbons (Fsp3) is 0.300. The number of hydrogen-bond acceptors (Lipinski definition) is 3. The first kappa shape index (κ1) is 19.7. The highest BCUT2D eigenvalue weighted by Crippen LogP contribution is 2.23. The summed E-state index contributed by atoms with van der Waals surface area (Å²) in [6, 6.07) is 11.3. The van der Waals surface area contributed by atoms with Crippen molar-refractivity contribution >= 4 is 28.9 Å². The third-order valence-electron chi connectivity index (χ3n) is 4.12. The van der Waals surface area contributed by atoms with Gasteiger partial charge in [0.25, 0.3) is 5.91 Å². The van der Waals surface area contributed by atoms with E-state index >= 15 is 0 Å². The van der Waals surface area contributed by atoms with Crippen LogP contribution in [-0.2, 0) is 0 Å². The summed E-state index contributed by atoms with van der Waals surface area (Å²) < 4.78 is 5.11. The molecule has 0 aliphatic carbocycles. The van der Waals surface area contributed by atoms with Crippen molar-refractivity contribution in [3.8, 4) is 5.75 Å². The molecular formula is C20H25N3O2S. The Morgan fingerprint density at radius 3 is 2.27 bits per heavy atom. The lowest BCUT2D eigenvalue weighted by Gasteiger charge is -2.16. The summed E-state index contributed by atoms with van der Waals surface area (Å²) in [6.45, 7) is 8.23. The molecule has 0 aliphatic heterocycles. The lowest BCUT2D eigenvalue weighted by molar-refractivity contribution is 0.0943. The fourth-order valence-corrected chi connectivity index (χ4v) is 2.92. The molecule has 138 valence electrons. The molecule has 0 fully saturated rings. The zero-order valence-corrected chi connectivity index (χ0v) is 16.6. The van der Waals surface area contributed by atoms with Gasteiger partial charge in [0.2, 0.25) is 0 Å². The Morgan fingerprint density at radius 2 is 1.69 bits per heavy atom. The van der Waals surface area contributed by atoms with Gasteiger partial charge in [0.15, 0.2) is 5.11 Å². The van der Waals surface area contributed by atoms with Crippen LogP contribution in [0.25, 0.3) is 0 Å². The molecule has 0 saturated heterocycles. The number of methoxy groups -OCH3 is 1. The summed E-state index contributed by atoms with van der Waals surface area (Å²) in [5, 5.41) is 3.31. The molecule has 0 radical (unpaired) electrons. The van der Waals surface area contributed by atoms with Crippen LogP contribution in [0.2, 0.25) is 0 Å². The topological polar surface area (TPSA) is 62.4 Å². The predicted molar refractivity (Wildman–Crippen MR) is 110 cm³/mol. The highest BCUT2D eigenvalue weighted by atomic mass is 32.1. The van der Waals surface area contributed by atoms with E-state index in [4.69, 9.17) is 17.0 Å². The van der Waals surface area contributed by atoms with Crippen molar-refractivity contribution in [3.05, 3.63) is 58.7 Å². The van der Waals surface area contributed by atoms with Crippen LogP contribution in [-0.4, -0.2) is 18.1 Å². The van der Waals surface area contributed by atoms with Gasteiger partial charge < -0.3 is 10.1 Å². The van der Waals surface area contributed by atoms with E-state index in [1.54, 1.807) is 7.11 Å². The SMILES string of the molecule is COc1ccc(NC(=S)NNC(=O)c2cc(C(C)C)c(C)cc2C)cc1. The summed E-state index contributed by atoms with van der Waals surface area (Å²) in [7, 11) is 1.61. The lowest BCUT2D eigenvalue weighted by atomic mass is 9.93. The first-order valence-electron chi connectivity index (χ1n) is 8.44. The van der Waals surface area contributed by atoms with E-state index in [-0.39, 0.29) is 5.91 Å². The van der Waals surface area contributed by atoms with Gasteiger partial charge in [-0.05, 0) is 79.0 Å². The van der Waals surface area contributed by atoms with Gasteiger partial charge in [0, 0.05) is 11.3 Å². The van der Waals surface area contributed by atoms with Crippen LogP contribution in [0.1, 0.15) is 46.8 Å². The Hall–Kier alpha value is -2.60. The summed E-state index contributed by atoms with van der Waals surface area (Å²) in [6.07, 6.45) is 0. The second kappa shape index (κ2) is 8.67. The molecule has 0 unspecified atom stereocenters. The molecule has 26 heavy (non-hydrogen) atoms. The van der Waals surface area contributed by atoms with Gasteiger partial charge in [-0.2, -0.15) is 0 Å². The number of nitrogens with one attached hydrogen (secondary N) is 3. The Morgan fingerprint density at radius 1 is 1.04 bits per heavy atom. The van der Waals surface area contributed by atoms with Gasteiger partial charge in [0.05, 0.1) is 7.11 Å². The third-order valence-corrected chi connectivity index (χ3v) is 4.32. The summed E-state index contributed by atoms with van der Waals surface area (Å²) in [4.78, 5) is 12.5. The number of benzene rings is 2. The molecule has 0 atom stereocenters. The summed E-state index contributed by atoms with van der Waals surface area (Å²) >= 11 is 5.22. The van der Waals surface area contributed by atoms with E-state index in [9.17, 15) is 4.79 Å². The maximum Gasteiger partial charge on any atom is 0.269 e. The van der Waals surface area contributed by atoms with Gasteiger partial charge in [-0.25, -0.2) is 0 Å². The number of thiocarbonyl (C=S) groups is 1.